The van der Waals surface area contributed by atoms with E-state index in [0.717, 1.165) is 9.79 Å². The van der Waals surface area contributed by atoms with Gasteiger partial charge >= 0.3 is 12.0 Å². The molecule has 126 valence electrons. The highest BCUT2D eigenvalue weighted by atomic mass is 35.5. The summed E-state index contributed by atoms with van der Waals surface area (Å²) in [6.07, 6.45) is -5.65. The number of nitrogens with zero attached hydrogens (tertiary/aromatic N) is 1. The van der Waals surface area contributed by atoms with E-state index in [1.165, 1.54) is 11.8 Å². The van der Waals surface area contributed by atoms with Crippen LogP contribution < -0.4 is 0 Å². The molecule has 2 aromatic carbocycles. The Morgan fingerprint density at radius 1 is 1.12 bits per heavy atom. The molecule has 0 amide bonds. The third-order valence-electron chi connectivity index (χ3n) is 3.41. The minimum atomic E-state index is -4.90. The number of hydrogen-bond acceptors (Lipinski definition) is 4. The van der Waals surface area contributed by atoms with E-state index in [1.807, 2.05) is 18.2 Å². The Bertz CT molecular complexity index is 780. The second-order valence-corrected chi connectivity index (χ2v) is 6.67. The average Bonchev–Trinajstić information content (AvgIpc) is 2.94. The van der Waals surface area contributed by atoms with Crippen LogP contribution in [0.4, 0.5) is 13.2 Å². The van der Waals surface area contributed by atoms with E-state index < -0.39 is 18.4 Å². The van der Waals surface area contributed by atoms with Crippen molar-refractivity contribution in [3.05, 3.63) is 59.1 Å². The van der Waals surface area contributed by atoms with E-state index in [9.17, 15) is 18.3 Å². The van der Waals surface area contributed by atoms with Crippen LogP contribution in [0.1, 0.15) is 12.0 Å². The van der Waals surface area contributed by atoms with Crippen molar-refractivity contribution in [1.82, 2.24) is 0 Å². The Kier molecular flexibility index (Phi) is 4.50. The molecule has 0 aromatic heterocycles. The summed E-state index contributed by atoms with van der Waals surface area (Å²) in [5.41, 5.74) is 0.503. The molecule has 0 saturated carbocycles. The summed E-state index contributed by atoms with van der Waals surface area (Å²) in [5.74, 6) is -3.26. The lowest BCUT2D eigenvalue weighted by molar-refractivity contribution is -0.355. The van der Waals surface area contributed by atoms with Gasteiger partial charge in [0.25, 0.3) is 0 Å². The van der Waals surface area contributed by atoms with Gasteiger partial charge < -0.3 is 9.94 Å². The number of hydrogen-bond donors (Lipinski definition) is 1. The summed E-state index contributed by atoms with van der Waals surface area (Å²) >= 11 is 7.53. The van der Waals surface area contributed by atoms with Gasteiger partial charge in [-0.05, 0) is 29.8 Å². The second kappa shape index (κ2) is 6.31. The molecular weight excluding hydrogens is 363 g/mol. The van der Waals surface area contributed by atoms with E-state index in [4.69, 9.17) is 11.6 Å². The molecule has 2 aromatic rings. The van der Waals surface area contributed by atoms with Gasteiger partial charge in [0.2, 0.25) is 0 Å². The number of aliphatic hydroxyl groups is 1. The maximum Gasteiger partial charge on any atom is 0.458 e. The maximum absolute atomic E-state index is 12.7. The monoisotopic (exact) mass is 373 g/mol. The fourth-order valence-corrected chi connectivity index (χ4v) is 3.19. The third kappa shape index (κ3) is 3.38. The molecule has 0 fully saturated rings. The van der Waals surface area contributed by atoms with Crippen LogP contribution in [0.25, 0.3) is 0 Å². The standard InChI is InChI=1S/C16H11ClF3NO2S/c17-12-3-1-2-4-14(12)24-11-7-5-10(6-8-11)13-9-15(22,23-21-13)16(18,19)20/h1-8,22H,9H2. The van der Waals surface area contributed by atoms with Gasteiger partial charge in [0.05, 0.1) is 17.2 Å². The Hall–Kier alpha value is -1.70. The highest BCUT2D eigenvalue weighted by molar-refractivity contribution is 7.99. The first-order chi connectivity index (χ1) is 11.3. The molecule has 1 N–H and O–H groups in total. The molecule has 1 aliphatic heterocycles. The van der Waals surface area contributed by atoms with Gasteiger partial charge in [-0.2, -0.15) is 13.2 Å². The molecular formula is C16H11ClF3NO2S. The molecule has 1 heterocycles. The second-order valence-electron chi connectivity index (χ2n) is 5.15. The Balaban J connectivity index is 1.73. The summed E-state index contributed by atoms with van der Waals surface area (Å²) < 4.78 is 38.1. The summed E-state index contributed by atoms with van der Waals surface area (Å²) in [6, 6.07) is 14.1. The zero-order valence-corrected chi connectivity index (χ0v) is 13.6. The van der Waals surface area contributed by atoms with Crippen LogP contribution in [0.5, 0.6) is 0 Å². The molecule has 3 rings (SSSR count). The zero-order chi connectivity index (χ0) is 17.4. The first-order valence-corrected chi connectivity index (χ1v) is 8.05. The van der Waals surface area contributed by atoms with Crippen molar-refractivity contribution in [2.75, 3.05) is 0 Å². The van der Waals surface area contributed by atoms with Crippen molar-refractivity contribution in [2.24, 2.45) is 5.16 Å². The van der Waals surface area contributed by atoms with Crippen molar-refractivity contribution in [1.29, 1.82) is 0 Å². The Morgan fingerprint density at radius 2 is 1.79 bits per heavy atom. The van der Waals surface area contributed by atoms with Gasteiger partial charge in [-0.15, -0.1) is 0 Å². The molecule has 1 aliphatic rings. The summed E-state index contributed by atoms with van der Waals surface area (Å²) in [4.78, 5) is 5.96. The van der Waals surface area contributed by atoms with E-state index in [-0.39, 0.29) is 5.71 Å². The fraction of sp³-hybridized carbons (Fsp3) is 0.188. The predicted molar refractivity (Wildman–Crippen MR) is 85.3 cm³/mol. The lowest BCUT2D eigenvalue weighted by atomic mass is 10.0. The SMILES string of the molecule is OC1(C(F)(F)F)CC(c2ccc(Sc3ccccc3Cl)cc2)=NO1. The van der Waals surface area contributed by atoms with Crippen molar-refractivity contribution in [3.8, 4) is 0 Å². The Labute approximate surface area is 145 Å². The fourth-order valence-electron chi connectivity index (χ4n) is 2.10. The van der Waals surface area contributed by atoms with E-state index in [1.54, 1.807) is 30.3 Å². The Morgan fingerprint density at radius 3 is 2.38 bits per heavy atom. The van der Waals surface area contributed by atoms with Crippen molar-refractivity contribution in [2.45, 2.75) is 28.2 Å². The molecule has 3 nitrogen and oxygen atoms in total. The number of benzene rings is 2. The number of halogens is 4. The first-order valence-electron chi connectivity index (χ1n) is 6.85. The molecule has 24 heavy (non-hydrogen) atoms. The highest BCUT2D eigenvalue weighted by Gasteiger charge is 2.60. The summed E-state index contributed by atoms with van der Waals surface area (Å²) in [6.45, 7) is 0. The average molecular weight is 374 g/mol. The molecule has 0 radical (unpaired) electrons. The van der Waals surface area contributed by atoms with Crippen LogP contribution in [0, 0.1) is 0 Å². The minimum Gasteiger partial charge on any atom is -0.350 e. The van der Waals surface area contributed by atoms with Gasteiger partial charge in [-0.1, -0.05) is 52.8 Å². The quantitative estimate of drug-likeness (QED) is 0.834. The number of alkyl halides is 3. The summed E-state index contributed by atoms with van der Waals surface area (Å²) in [7, 11) is 0. The van der Waals surface area contributed by atoms with Crippen LogP contribution in [-0.2, 0) is 4.84 Å². The normalized spacial score (nSPS) is 20.6. The molecule has 0 aliphatic carbocycles. The molecule has 1 atom stereocenters. The van der Waals surface area contributed by atoms with Crippen molar-refractivity contribution < 1.29 is 23.1 Å². The van der Waals surface area contributed by atoms with Gasteiger partial charge in [0.15, 0.2) is 0 Å². The first kappa shape index (κ1) is 17.1. The topological polar surface area (TPSA) is 41.8 Å². The van der Waals surface area contributed by atoms with E-state index in [0.29, 0.717) is 10.6 Å². The lowest BCUT2D eigenvalue weighted by Crippen LogP contribution is -2.45. The van der Waals surface area contributed by atoms with Crippen molar-refractivity contribution >= 4 is 29.1 Å². The molecule has 0 saturated heterocycles. The van der Waals surface area contributed by atoms with E-state index >= 15 is 0 Å². The maximum atomic E-state index is 12.7. The zero-order valence-electron chi connectivity index (χ0n) is 12.0. The van der Waals surface area contributed by atoms with Crippen LogP contribution in [0.2, 0.25) is 5.02 Å². The largest absolute Gasteiger partial charge is 0.458 e. The molecule has 0 bridgehead atoms. The lowest BCUT2D eigenvalue weighted by Gasteiger charge is -2.22. The van der Waals surface area contributed by atoms with Crippen LogP contribution in [-0.4, -0.2) is 22.8 Å². The predicted octanol–water partition coefficient (Wildman–Crippen LogP) is 4.87. The molecule has 8 heteroatoms. The third-order valence-corrected chi connectivity index (χ3v) is 4.93. The number of rotatable bonds is 3. The van der Waals surface area contributed by atoms with E-state index in [2.05, 4.69) is 9.99 Å². The van der Waals surface area contributed by atoms with Crippen LogP contribution in [0.3, 0.4) is 0 Å². The van der Waals surface area contributed by atoms with Gasteiger partial charge in [-0.3, -0.25) is 0 Å². The highest BCUT2D eigenvalue weighted by Crippen LogP contribution is 2.39. The van der Waals surface area contributed by atoms with Crippen molar-refractivity contribution in [3.63, 3.8) is 0 Å². The molecule has 0 spiro atoms. The van der Waals surface area contributed by atoms with Crippen LogP contribution in [0.15, 0.2) is 63.5 Å². The summed E-state index contributed by atoms with van der Waals surface area (Å²) in [5, 5.41) is 13.5. The van der Waals surface area contributed by atoms with Gasteiger partial charge in [0.1, 0.15) is 0 Å². The van der Waals surface area contributed by atoms with Gasteiger partial charge in [0, 0.05) is 9.79 Å². The van der Waals surface area contributed by atoms with Crippen LogP contribution >= 0.6 is 23.4 Å². The molecule has 1 unspecified atom stereocenters. The number of oxime groups is 1. The van der Waals surface area contributed by atoms with Gasteiger partial charge in [-0.25, -0.2) is 0 Å². The smallest absolute Gasteiger partial charge is 0.350 e. The minimum absolute atomic E-state index is 0.0455.